The highest BCUT2D eigenvalue weighted by atomic mass is 16.5. The molecular weight excluding hydrogens is 540 g/mol. The number of carbonyl (C=O) groups is 2. The highest BCUT2D eigenvalue weighted by Gasteiger charge is 2.24. The molecule has 0 aromatic carbocycles. The summed E-state index contributed by atoms with van der Waals surface area (Å²) >= 11 is 0. The molecular formula is C37H52O6. The normalized spacial score (nSPS) is 18.0. The lowest BCUT2D eigenvalue weighted by Gasteiger charge is -2.25. The number of ether oxygens (including phenoxy) is 1. The molecule has 0 aliphatic rings. The van der Waals surface area contributed by atoms with Crippen molar-refractivity contribution in [1.29, 1.82) is 0 Å². The zero-order valence-corrected chi connectivity index (χ0v) is 26.6. The zero-order valence-electron chi connectivity index (χ0n) is 26.6. The van der Waals surface area contributed by atoms with E-state index >= 15 is 0 Å². The van der Waals surface area contributed by atoms with Crippen molar-refractivity contribution in [3.05, 3.63) is 121 Å². The van der Waals surface area contributed by atoms with Crippen LogP contribution in [-0.4, -0.2) is 52.5 Å². The number of hydrogen-bond acceptors (Lipinski definition) is 6. The highest BCUT2D eigenvalue weighted by molar-refractivity contribution is 5.87. The Kier molecular flexibility index (Phi) is 22.9. The van der Waals surface area contributed by atoms with E-state index in [0.29, 0.717) is 12.0 Å². The first-order chi connectivity index (χ1) is 20.5. The van der Waals surface area contributed by atoms with Crippen LogP contribution in [0.3, 0.4) is 0 Å². The summed E-state index contributed by atoms with van der Waals surface area (Å²) in [6.07, 6.45) is 35.4. The summed E-state index contributed by atoms with van der Waals surface area (Å²) in [6, 6.07) is 0. The Bertz CT molecular complexity index is 1100. The van der Waals surface area contributed by atoms with Gasteiger partial charge in [0.15, 0.2) is 0 Å². The highest BCUT2D eigenvalue weighted by Crippen LogP contribution is 2.19. The number of methoxy groups -OCH3 is 1. The fraction of sp³-hybridized carbons (Fsp3) is 0.405. The second-order valence-electron chi connectivity index (χ2n) is 10.4. The zero-order chi connectivity index (χ0) is 32.5. The van der Waals surface area contributed by atoms with Gasteiger partial charge >= 0.3 is 5.97 Å². The number of allylic oxidation sites excluding steroid dienone is 16. The van der Waals surface area contributed by atoms with E-state index < -0.39 is 18.3 Å². The molecule has 6 atom stereocenters. The van der Waals surface area contributed by atoms with Crippen LogP contribution in [0, 0.1) is 17.8 Å². The average Bonchev–Trinajstić information content (AvgIpc) is 2.99. The van der Waals surface area contributed by atoms with Crippen molar-refractivity contribution in [2.24, 2.45) is 17.8 Å². The van der Waals surface area contributed by atoms with Crippen molar-refractivity contribution in [2.75, 3.05) is 7.11 Å². The topological polar surface area (TPSA) is 104 Å². The molecule has 6 heteroatoms. The van der Waals surface area contributed by atoms with Gasteiger partial charge in [0.05, 0.1) is 25.4 Å². The summed E-state index contributed by atoms with van der Waals surface area (Å²) in [4.78, 5) is 22.5. The number of carbonyl (C=O) groups excluding carboxylic acids is 2. The monoisotopic (exact) mass is 592 g/mol. The fourth-order valence-electron chi connectivity index (χ4n) is 3.60. The number of rotatable bonds is 20. The lowest BCUT2D eigenvalue weighted by atomic mass is 9.88. The predicted octanol–water partition coefficient (Wildman–Crippen LogP) is 6.86. The molecule has 0 radical (unpaired) electrons. The van der Waals surface area contributed by atoms with Crippen LogP contribution in [0.2, 0.25) is 0 Å². The maximum absolute atomic E-state index is 11.3. The molecule has 236 valence electrons. The molecule has 0 heterocycles. The van der Waals surface area contributed by atoms with Gasteiger partial charge in [-0.3, -0.25) is 4.79 Å². The molecule has 0 spiro atoms. The largest absolute Gasteiger partial charge is 0.466 e. The van der Waals surface area contributed by atoms with Gasteiger partial charge in [0.25, 0.3) is 0 Å². The minimum Gasteiger partial charge on any atom is -0.466 e. The van der Waals surface area contributed by atoms with Gasteiger partial charge in [0, 0.05) is 23.3 Å². The molecule has 0 rings (SSSR count). The molecule has 0 aliphatic heterocycles. The first kappa shape index (κ1) is 39.4. The molecule has 0 amide bonds. The Balaban J connectivity index is 4.39. The smallest absolute Gasteiger partial charge is 0.333 e. The third kappa shape index (κ3) is 20.0. The fourth-order valence-corrected chi connectivity index (χ4v) is 3.60. The van der Waals surface area contributed by atoms with E-state index in [2.05, 4.69) is 4.74 Å². The SMILES string of the molecule is COC(=O)C(C)=CC=CC=CCCC=CC(C)C(O)C(C)C(O)C=CC=CC=CC=CC=CC=CCC(O)C(C)C(C)=O. The van der Waals surface area contributed by atoms with Gasteiger partial charge in [-0.1, -0.05) is 136 Å². The third-order valence-corrected chi connectivity index (χ3v) is 6.81. The molecule has 0 aliphatic carbocycles. The van der Waals surface area contributed by atoms with Crippen LogP contribution in [0.1, 0.15) is 53.9 Å². The third-order valence-electron chi connectivity index (χ3n) is 6.81. The lowest BCUT2D eigenvalue weighted by Crippen LogP contribution is -2.32. The Labute approximate surface area is 259 Å². The number of hydrogen-bond donors (Lipinski definition) is 3. The van der Waals surface area contributed by atoms with E-state index in [0.717, 1.165) is 12.8 Å². The predicted molar refractivity (Wildman–Crippen MR) is 178 cm³/mol. The van der Waals surface area contributed by atoms with Crippen LogP contribution >= 0.6 is 0 Å². The standard InChI is InChI=1S/C37H52O6/c1-29(25-21-17-13-12-14-18-22-26-30(2)37(42)43-6)36(41)32(4)35(40)28-24-20-16-11-9-7-8-10-15-19-23-27-34(39)31(3)33(5)38/h7-12,14-16,18-26,28-29,31-32,34-36,39-41H,13,17,27H2,1-6H3. The number of aliphatic hydroxyl groups is 3. The van der Waals surface area contributed by atoms with Gasteiger partial charge in [-0.2, -0.15) is 0 Å². The first-order valence-corrected chi connectivity index (χ1v) is 14.8. The summed E-state index contributed by atoms with van der Waals surface area (Å²) in [7, 11) is 1.36. The van der Waals surface area contributed by atoms with E-state index in [-0.39, 0.29) is 29.5 Å². The van der Waals surface area contributed by atoms with Crippen molar-refractivity contribution < 1.29 is 29.6 Å². The first-order valence-electron chi connectivity index (χ1n) is 14.8. The average molecular weight is 593 g/mol. The summed E-state index contributed by atoms with van der Waals surface area (Å²) in [5, 5.41) is 31.0. The summed E-state index contributed by atoms with van der Waals surface area (Å²) in [6.45, 7) is 8.69. The van der Waals surface area contributed by atoms with Crippen LogP contribution in [-0.2, 0) is 14.3 Å². The summed E-state index contributed by atoms with van der Waals surface area (Å²) in [5.41, 5.74) is 0.540. The van der Waals surface area contributed by atoms with E-state index in [1.165, 1.54) is 14.0 Å². The van der Waals surface area contributed by atoms with Crippen molar-refractivity contribution in [1.82, 2.24) is 0 Å². The van der Waals surface area contributed by atoms with E-state index in [4.69, 9.17) is 0 Å². The van der Waals surface area contributed by atoms with Gasteiger partial charge < -0.3 is 20.1 Å². The molecule has 0 saturated carbocycles. The van der Waals surface area contributed by atoms with Crippen molar-refractivity contribution >= 4 is 11.8 Å². The maximum Gasteiger partial charge on any atom is 0.333 e. The van der Waals surface area contributed by atoms with Crippen molar-refractivity contribution in [3.8, 4) is 0 Å². The number of aliphatic hydroxyl groups excluding tert-OH is 3. The lowest BCUT2D eigenvalue weighted by molar-refractivity contribution is -0.136. The minimum atomic E-state index is -0.768. The molecule has 0 fully saturated rings. The number of ketones is 1. The molecule has 6 unspecified atom stereocenters. The van der Waals surface area contributed by atoms with Gasteiger partial charge in [-0.25, -0.2) is 4.79 Å². The van der Waals surface area contributed by atoms with Crippen LogP contribution in [0.15, 0.2) is 121 Å². The van der Waals surface area contributed by atoms with E-state index in [1.54, 1.807) is 38.2 Å². The quantitative estimate of drug-likeness (QED) is 0.0469. The number of unbranched alkanes of at least 4 members (excludes halogenated alkanes) is 1. The second kappa shape index (κ2) is 25.0. The number of esters is 1. The Morgan fingerprint density at radius 1 is 0.674 bits per heavy atom. The van der Waals surface area contributed by atoms with Crippen molar-refractivity contribution in [3.63, 3.8) is 0 Å². The molecule has 43 heavy (non-hydrogen) atoms. The Morgan fingerprint density at radius 2 is 1.19 bits per heavy atom. The van der Waals surface area contributed by atoms with Gasteiger partial charge in [-0.15, -0.1) is 0 Å². The van der Waals surface area contributed by atoms with Crippen LogP contribution in [0.4, 0.5) is 0 Å². The molecule has 0 aromatic rings. The molecule has 6 nitrogen and oxygen atoms in total. The molecule has 0 aromatic heterocycles. The van der Waals surface area contributed by atoms with E-state index in [9.17, 15) is 24.9 Å². The van der Waals surface area contributed by atoms with Crippen molar-refractivity contribution in [2.45, 2.75) is 72.2 Å². The molecule has 0 saturated heterocycles. The minimum absolute atomic E-state index is 0.0134. The van der Waals surface area contributed by atoms with Crippen LogP contribution < -0.4 is 0 Å². The molecule has 3 N–H and O–H groups in total. The number of Topliss-reactive ketones (excluding diaryl/α,β-unsaturated/α-hetero) is 1. The Hall–Kier alpha value is -3.58. The second-order valence-corrected chi connectivity index (χ2v) is 10.4. The van der Waals surface area contributed by atoms with Gasteiger partial charge in [0.2, 0.25) is 0 Å². The summed E-state index contributed by atoms with van der Waals surface area (Å²) < 4.78 is 4.64. The Morgan fingerprint density at radius 3 is 1.77 bits per heavy atom. The van der Waals surface area contributed by atoms with E-state index in [1.807, 2.05) is 105 Å². The van der Waals surface area contributed by atoms with Crippen LogP contribution in [0.5, 0.6) is 0 Å². The van der Waals surface area contributed by atoms with Crippen LogP contribution in [0.25, 0.3) is 0 Å². The molecule has 0 bridgehead atoms. The van der Waals surface area contributed by atoms with Gasteiger partial charge in [0.1, 0.15) is 5.78 Å². The summed E-state index contributed by atoms with van der Waals surface area (Å²) in [5.74, 6) is -1.13. The van der Waals surface area contributed by atoms with Gasteiger partial charge in [-0.05, 0) is 33.1 Å². The maximum atomic E-state index is 11.3.